The molecule has 56 heavy (non-hydrogen) atoms. The maximum Gasteiger partial charge on any atom is 0.352 e. The van der Waals surface area contributed by atoms with Gasteiger partial charge in [0.1, 0.15) is 11.4 Å². The minimum absolute atomic E-state index is 0.183. The van der Waals surface area contributed by atoms with Crippen LogP contribution >= 0.6 is 11.6 Å². The number of rotatable bonds is 16. The Hall–Kier alpha value is -5.35. The molecule has 0 radical (unpaired) electrons. The van der Waals surface area contributed by atoms with E-state index in [1.54, 1.807) is 0 Å². The zero-order valence-corrected chi connectivity index (χ0v) is 32.9. The maximum atomic E-state index is 13.3. The van der Waals surface area contributed by atoms with Crippen molar-refractivity contribution in [3.63, 3.8) is 0 Å². The summed E-state index contributed by atoms with van der Waals surface area (Å²) in [5.74, 6) is -0.355. The van der Waals surface area contributed by atoms with Crippen molar-refractivity contribution in [1.29, 1.82) is 0 Å². The molecule has 2 aromatic heterocycles. The lowest BCUT2D eigenvalue weighted by Gasteiger charge is -2.27. The number of ether oxygens (including phenoxy) is 2. The fourth-order valence-corrected chi connectivity index (χ4v) is 8.17. The van der Waals surface area contributed by atoms with Gasteiger partial charge in [-0.3, -0.25) is 9.69 Å². The van der Waals surface area contributed by atoms with Gasteiger partial charge in [0.05, 0.1) is 25.3 Å². The number of carbonyl (C=O) groups is 2. The minimum atomic E-state index is -0.932. The van der Waals surface area contributed by atoms with Crippen LogP contribution in [0.25, 0.3) is 32.9 Å². The lowest BCUT2D eigenvalue weighted by atomic mass is 9.96. The summed E-state index contributed by atoms with van der Waals surface area (Å²) < 4.78 is 16.1. The van der Waals surface area contributed by atoms with Gasteiger partial charge in [0.2, 0.25) is 5.91 Å². The van der Waals surface area contributed by atoms with E-state index in [0.29, 0.717) is 71.0 Å². The highest BCUT2D eigenvalue weighted by Gasteiger charge is 2.26. The SMILES string of the molecule is C=CC(=O)NCCc1cn(Cc2ccccc2-c2cccc3c(CCCOc4cc(C)c(Cl)c(C)c4)c(C(=O)O)n(CCN4CCOCC4)c23)c2ccccc12. The smallest absolute Gasteiger partial charge is 0.352 e. The summed E-state index contributed by atoms with van der Waals surface area (Å²) in [6, 6.07) is 26.9. The van der Waals surface area contributed by atoms with Crippen LogP contribution in [0.15, 0.2) is 97.7 Å². The molecule has 9 nitrogen and oxygen atoms in total. The Labute approximate surface area is 333 Å². The summed E-state index contributed by atoms with van der Waals surface area (Å²) in [4.78, 5) is 27.5. The van der Waals surface area contributed by atoms with Crippen molar-refractivity contribution >= 4 is 45.3 Å². The van der Waals surface area contributed by atoms with E-state index in [2.05, 4.69) is 76.1 Å². The lowest BCUT2D eigenvalue weighted by molar-refractivity contribution is -0.116. The van der Waals surface area contributed by atoms with Crippen LogP contribution in [0.3, 0.4) is 0 Å². The molecule has 0 atom stereocenters. The number of aromatic nitrogens is 2. The summed E-state index contributed by atoms with van der Waals surface area (Å²) >= 11 is 6.39. The molecule has 1 aliphatic rings. The second-order valence-corrected chi connectivity index (χ2v) is 14.8. The number of hydrogen-bond donors (Lipinski definition) is 2. The van der Waals surface area contributed by atoms with Gasteiger partial charge in [-0.1, -0.05) is 78.8 Å². The van der Waals surface area contributed by atoms with Crippen molar-refractivity contribution in [3.05, 3.63) is 136 Å². The molecule has 4 aromatic carbocycles. The van der Waals surface area contributed by atoms with Crippen molar-refractivity contribution in [2.75, 3.05) is 46.0 Å². The number of carboxylic acids is 1. The summed E-state index contributed by atoms with van der Waals surface area (Å²) in [6.07, 6.45) is 5.36. The van der Waals surface area contributed by atoms with Crippen LogP contribution < -0.4 is 10.1 Å². The van der Waals surface area contributed by atoms with Crippen molar-refractivity contribution in [2.45, 2.75) is 46.2 Å². The first-order valence-corrected chi connectivity index (χ1v) is 19.7. The quantitative estimate of drug-likeness (QED) is 0.0757. The van der Waals surface area contributed by atoms with Crippen molar-refractivity contribution in [1.82, 2.24) is 19.4 Å². The molecule has 1 saturated heterocycles. The predicted octanol–water partition coefficient (Wildman–Crippen LogP) is 8.47. The highest BCUT2D eigenvalue weighted by molar-refractivity contribution is 6.32. The Morgan fingerprint density at radius 1 is 0.911 bits per heavy atom. The first kappa shape index (κ1) is 38.9. The first-order chi connectivity index (χ1) is 27.2. The number of carbonyl (C=O) groups excluding carboxylic acids is 1. The number of aromatic carboxylic acids is 1. The molecule has 290 valence electrons. The Morgan fingerprint density at radius 2 is 1.62 bits per heavy atom. The third-order valence-electron chi connectivity index (χ3n) is 10.8. The fraction of sp³-hybridized carbons (Fsp3) is 0.304. The largest absolute Gasteiger partial charge is 0.494 e. The number of nitrogens with zero attached hydrogens (tertiary/aromatic N) is 3. The third-order valence-corrected chi connectivity index (χ3v) is 11.4. The molecule has 2 N–H and O–H groups in total. The van der Waals surface area contributed by atoms with Crippen LogP contribution in [0.1, 0.15) is 44.7 Å². The van der Waals surface area contributed by atoms with Gasteiger partial charge in [0.25, 0.3) is 0 Å². The van der Waals surface area contributed by atoms with Gasteiger partial charge < -0.3 is 29.0 Å². The van der Waals surface area contributed by atoms with Gasteiger partial charge in [0, 0.05) is 72.3 Å². The number of halogens is 1. The number of benzene rings is 4. The van der Waals surface area contributed by atoms with Gasteiger partial charge in [-0.15, -0.1) is 0 Å². The zero-order chi connectivity index (χ0) is 39.2. The maximum absolute atomic E-state index is 13.3. The molecule has 0 bridgehead atoms. The zero-order valence-electron chi connectivity index (χ0n) is 32.2. The van der Waals surface area contributed by atoms with E-state index in [0.717, 1.165) is 84.6 Å². The highest BCUT2D eigenvalue weighted by atomic mass is 35.5. The molecule has 0 saturated carbocycles. The van der Waals surface area contributed by atoms with Gasteiger partial charge in [0.15, 0.2) is 0 Å². The molecule has 6 aromatic rings. The number of aryl methyl sites for hydroxylation is 3. The van der Waals surface area contributed by atoms with Crippen LogP contribution in [-0.2, 0) is 35.5 Å². The molecule has 0 spiro atoms. The summed E-state index contributed by atoms with van der Waals surface area (Å²) in [5, 5.41) is 16.6. The molecule has 7 rings (SSSR count). The summed E-state index contributed by atoms with van der Waals surface area (Å²) in [7, 11) is 0. The van der Waals surface area contributed by atoms with Gasteiger partial charge >= 0.3 is 5.97 Å². The van der Waals surface area contributed by atoms with Gasteiger partial charge in [-0.05, 0) is 90.8 Å². The Morgan fingerprint density at radius 3 is 2.39 bits per heavy atom. The van der Waals surface area contributed by atoms with Crippen LogP contribution in [-0.4, -0.2) is 77.0 Å². The van der Waals surface area contributed by atoms with E-state index in [-0.39, 0.29) is 5.91 Å². The molecular formula is C46H49ClN4O5. The molecule has 1 amide bonds. The average Bonchev–Trinajstić information content (AvgIpc) is 3.73. The Balaban J connectivity index is 1.26. The normalized spacial score (nSPS) is 13.3. The third kappa shape index (κ3) is 8.40. The van der Waals surface area contributed by atoms with Crippen LogP contribution in [0.5, 0.6) is 5.75 Å². The monoisotopic (exact) mass is 772 g/mol. The second kappa shape index (κ2) is 17.6. The van der Waals surface area contributed by atoms with E-state index in [1.165, 1.54) is 6.08 Å². The Bertz CT molecular complexity index is 2370. The van der Waals surface area contributed by atoms with Gasteiger partial charge in [-0.25, -0.2) is 4.79 Å². The molecule has 0 aliphatic carbocycles. The van der Waals surface area contributed by atoms with E-state index >= 15 is 0 Å². The van der Waals surface area contributed by atoms with Gasteiger partial charge in [-0.2, -0.15) is 0 Å². The van der Waals surface area contributed by atoms with E-state index in [9.17, 15) is 14.7 Å². The first-order valence-electron chi connectivity index (χ1n) is 19.4. The number of amides is 1. The molecule has 3 heterocycles. The second-order valence-electron chi connectivity index (χ2n) is 14.5. The average molecular weight is 773 g/mol. The van der Waals surface area contributed by atoms with E-state index in [4.69, 9.17) is 21.1 Å². The fourth-order valence-electron chi connectivity index (χ4n) is 8.06. The number of para-hydroxylation sites is 2. The van der Waals surface area contributed by atoms with E-state index in [1.807, 2.05) is 48.7 Å². The molecule has 1 fully saturated rings. The minimum Gasteiger partial charge on any atom is -0.494 e. The molecular weight excluding hydrogens is 724 g/mol. The Kier molecular flexibility index (Phi) is 12.2. The van der Waals surface area contributed by atoms with Crippen LogP contribution in [0, 0.1) is 13.8 Å². The van der Waals surface area contributed by atoms with E-state index < -0.39 is 5.97 Å². The number of morpholine rings is 1. The van der Waals surface area contributed by atoms with Crippen molar-refractivity contribution < 1.29 is 24.2 Å². The number of carboxylic acid groups (broad SMARTS) is 1. The molecule has 10 heteroatoms. The highest BCUT2D eigenvalue weighted by Crippen LogP contribution is 2.38. The summed E-state index contributed by atoms with van der Waals surface area (Å²) in [5.41, 5.74) is 9.46. The molecule has 1 aliphatic heterocycles. The lowest BCUT2D eigenvalue weighted by Crippen LogP contribution is -2.38. The van der Waals surface area contributed by atoms with Crippen LogP contribution in [0.2, 0.25) is 5.02 Å². The van der Waals surface area contributed by atoms with Crippen molar-refractivity contribution in [3.8, 4) is 16.9 Å². The topological polar surface area (TPSA) is 98.0 Å². The van der Waals surface area contributed by atoms with Crippen molar-refractivity contribution in [2.24, 2.45) is 0 Å². The van der Waals surface area contributed by atoms with Crippen LogP contribution in [0.4, 0.5) is 0 Å². The standard InChI is InChI=1S/C46H49ClN4O5/c1-4-42(52)48-19-18-34-30-50(41-17-8-7-13-37(34)41)29-33-11-5-6-12-36(33)38-14-9-15-39-40(16-10-24-56-35-27-31(2)43(47)32(3)28-35)45(46(53)54)51(44(38)39)21-20-49-22-25-55-26-23-49/h4-9,11-15,17,27-28,30H,1,10,16,18-26,29H2,2-3H3,(H,48,52)(H,53,54). The number of fused-ring (bicyclic) bond motifs is 2. The predicted molar refractivity (Wildman–Crippen MR) is 224 cm³/mol. The molecule has 0 unspecified atom stereocenters. The summed E-state index contributed by atoms with van der Waals surface area (Å²) in [6.45, 7) is 13.3. The number of nitrogens with one attached hydrogen (secondary N) is 1. The number of hydrogen-bond acceptors (Lipinski definition) is 5.